The molecule has 0 aliphatic heterocycles. The first kappa shape index (κ1) is 15.9. The lowest BCUT2D eigenvalue weighted by Gasteiger charge is -2.52. The van der Waals surface area contributed by atoms with Crippen LogP contribution in [0.25, 0.3) is 0 Å². The third kappa shape index (κ3) is 3.94. The lowest BCUT2D eigenvalue weighted by atomic mass is 9.64. The molecular formula is C15H31NO2. The Morgan fingerprint density at radius 1 is 1.44 bits per heavy atom. The summed E-state index contributed by atoms with van der Waals surface area (Å²) in [5.41, 5.74) is 0.359. The molecule has 0 heterocycles. The molecule has 108 valence electrons. The first-order valence-corrected chi connectivity index (χ1v) is 7.22. The maximum atomic E-state index is 9.49. The molecule has 1 aliphatic carbocycles. The van der Waals surface area contributed by atoms with Crippen molar-refractivity contribution in [3.8, 4) is 0 Å². The molecule has 0 saturated heterocycles. The maximum Gasteiger partial charge on any atom is 0.0655 e. The van der Waals surface area contributed by atoms with E-state index in [1.165, 1.54) is 0 Å². The Morgan fingerprint density at radius 2 is 2.06 bits per heavy atom. The molecular weight excluding hydrogens is 226 g/mol. The van der Waals surface area contributed by atoms with E-state index in [0.717, 1.165) is 26.0 Å². The molecule has 0 spiro atoms. The van der Waals surface area contributed by atoms with Crippen molar-refractivity contribution in [1.29, 1.82) is 0 Å². The summed E-state index contributed by atoms with van der Waals surface area (Å²) in [4.78, 5) is 0. The predicted octanol–water partition coefficient (Wildman–Crippen LogP) is 2.58. The number of rotatable bonds is 7. The van der Waals surface area contributed by atoms with Crippen LogP contribution in [0.3, 0.4) is 0 Å². The monoisotopic (exact) mass is 257 g/mol. The van der Waals surface area contributed by atoms with Crippen LogP contribution in [-0.4, -0.2) is 36.5 Å². The Labute approximate surface area is 112 Å². The van der Waals surface area contributed by atoms with Gasteiger partial charge < -0.3 is 15.2 Å². The van der Waals surface area contributed by atoms with E-state index >= 15 is 0 Å². The minimum atomic E-state index is -0.229. The molecule has 0 aromatic heterocycles. The molecule has 3 atom stereocenters. The van der Waals surface area contributed by atoms with Crippen LogP contribution in [-0.2, 0) is 4.74 Å². The van der Waals surface area contributed by atoms with Gasteiger partial charge in [0.1, 0.15) is 0 Å². The molecule has 3 nitrogen and oxygen atoms in total. The molecule has 1 fully saturated rings. The van der Waals surface area contributed by atoms with Crippen molar-refractivity contribution in [1.82, 2.24) is 5.32 Å². The molecule has 0 bridgehead atoms. The third-order valence-electron chi connectivity index (χ3n) is 4.22. The van der Waals surface area contributed by atoms with Crippen molar-refractivity contribution in [2.75, 3.05) is 13.2 Å². The van der Waals surface area contributed by atoms with E-state index in [1.807, 2.05) is 6.92 Å². The fourth-order valence-electron chi connectivity index (χ4n) is 2.99. The van der Waals surface area contributed by atoms with Gasteiger partial charge in [-0.1, -0.05) is 27.7 Å². The van der Waals surface area contributed by atoms with Crippen molar-refractivity contribution < 1.29 is 9.84 Å². The average Bonchev–Trinajstić information content (AvgIpc) is 2.20. The van der Waals surface area contributed by atoms with Crippen LogP contribution < -0.4 is 5.32 Å². The highest BCUT2D eigenvalue weighted by molar-refractivity contribution is 5.03. The van der Waals surface area contributed by atoms with Crippen LogP contribution in [0.1, 0.15) is 54.4 Å². The molecule has 3 unspecified atom stereocenters. The summed E-state index contributed by atoms with van der Waals surface area (Å²) in [6, 6.07) is 0.530. The quantitative estimate of drug-likeness (QED) is 0.736. The standard InChI is InChI=1S/C15H31NO2/c1-7-18-13-8-12(15(13,5)6)16-10-14(3,4)9-11(2)17/h11-13,16-17H,7-10H2,1-6H3. The van der Waals surface area contributed by atoms with Gasteiger partial charge in [-0.2, -0.15) is 0 Å². The number of aliphatic hydroxyl groups is 1. The SMILES string of the molecule is CCOC1CC(NCC(C)(C)CC(C)O)C1(C)C. The van der Waals surface area contributed by atoms with Gasteiger partial charge in [-0.3, -0.25) is 0 Å². The van der Waals surface area contributed by atoms with Gasteiger partial charge in [-0.05, 0) is 32.1 Å². The minimum absolute atomic E-state index is 0.140. The van der Waals surface area contributed by atoms with Gasteiger partial charge in [0, 0.05) is 24.6 Å². The molecule has 0 aromatic rings. The number of aliphatic hydroxyl groups excluding tert-OH is 1. The van der Waals surface area contributed by atoms with Gasteiger partial charge in [0.25, 0.3) is 0 Å². The molecule has 0 radical (unpaired) electrons. The summed E-state index contributed by atoms with van der Waals surface area (Å²) < 4.78 is 5.74. The average molecular weight is 257 g/mol. The zero-order valence-electron chi connectivity index (χ0n) is 12.9. The Kier molecular flexibility index (Phi) is 5.22. The van der Waals surface area contributed by atoms with Crippen molar-refractivity contribution in [2.24, 2.45) is 10.8 Å². The topological polar surface area (TPSA) is 41.5 Å². The highest BCUT2D eigenvalue weighted by Gasteiger charge is 2.48. The summed E-state index contributed by atoms with van der Waals surface area (Å²) >= 11 is 0. The van der Waals surface area contributed by atoms with E-state index in [1.54, 1.807) is 0 Å². The summed E-state index contributed by atoms with van der Waals surface area (Å²) in [5, 5.41) is 13.1. The normalized spacial score (nSPS) is 28.8. The van der Waals surface area contributed by atoms with Crippen LogP contribution in [0.2, 0.25) is 0 Å². The van der Waals surface area contributed by atoms with Gasteiger partial charge in [-0.25, -0.2) is 0 Å². The van der Waals surface area contributed by atoms with Crippen molar-refractivity contribution in [3.63, 3.8) is 0 Å². The molecule has 0 amide bonds. The number of nitrogens with one attached hydrogen (secondary N) is 1. The van der Waals surface area contributed by atoms with Gasteiger partial charge >= 0.3 is 0 Å². The summed E-state index contributed by atoms with van der Waals surface area (Å²) in [6.45, 7) is 14.6. The van der Waals surface area contributed by atoms with Crippen LogP contribution in [0.4, 0.5) is 0 Å². The molecule has 0 aromatic carbocycles. The molecule has 2 N–H and O–H groups in total. The van der Waals surface area contributed by atoms with Crippen LogP contribution in [0.5, 0.6) is 0 Å². The van der Waals surface area contributed by atoms with Gasteiger partial charge in [0.2, 0.25) is 0 Å². The van der Waals surface area contributed by atoms with E-state index < -0.39 is 0 Å². The second kappa shape index (κ2) is 5.89. The zero-order valence-corrected chi connectivity index (χ0v) is 12.9. The van der Waals surface area contributed by atoms with Gasteiger partial charge in [0.05, 0.1) is 12.2 Å². The van der Waals surface area contributed by atoms with E-state index in [2.05, 4.69) is 39.9 Å². The van der Waals surface area contributed by atoms with Crippen molar-refractivity contribution in [2.45, 2.75) is 72.6 Å². The Hall–Kier alpha value is -0.120. The highest BCUT2D eigenvalue weighted by atomic mass is 16.5. The Bertz CT molecular complexity index is 261. The molecule has 1 saturated carbocycles. The largest absolute Gasteiger partial charge is 0.393 e. The predicted molar refractivity (Wildman–Crippen MR) is 75.7 cm³/mol. The molecule has 1 aliphatic rings. The van der Waals surface area contributed by atoms with Crippen molar-refractivity contribution >= 4 is 0 Å². The van der Waals surface area contributed by atoms with Crippen LogP contribution in [0.15, 0.2) is 0 Å². The van der Waals surface area contributed by atoms with Crippen LogP contribution >= 0.6 is 0 Å². The van der Waals surface area contributed by atoms with E-state index in [0.29, 0.717) is 12.1 Å². The maximum absolute atomic E-state index is 9.49. The van der Waals surface area contributed by atoms with Gasteiger partial charge in [-0.15, -0.1) is 0 Å². The fraction of sp³-hybridized carbons (Fsp3) is 1.00. The van der Waals surface area contributed by atoms with E-state index in [-0.39, 0.29) is 16.9 Å². The zero-order chi connectivity index (χ0) is 14.0. The van der Waals surface area contributed by atoms with Gasteiger partial charge in [0.15, 0.2) is 0 Å². The molecule has 1 rings (SSSR count). The Morgan fingerprint density at radius 3 is 2.50 bits per heavy atom. The summed E-state index contributed by atoms with van der Waals surface area (Å²) in [6.07, 6.45) is 2.10. The number of ether oxygens (including phenoxy) is 1. The first-order chi connectivity index (χ1) is 8.19. The second-order valence-electron chi connectivity index (χ2n) is 7.15. The fourth-order valence-corrected chi connectivity index (χ4v) is 2.99. The first-order valence-electron chi connectivity index (χ1n) is 7.22. The lowest BCUT2D eigenvalue weighted by molar-refractivity contribution is -0.115. The summed E-state index contributed by atoms with van der Waals surface area (Å²) in [5.74, 6) is 0. The van der Waals surface area contributed by atoms with Crippen LogP contribution in [0, 0.1) is 10.8 Å². The van der Waals surface area contributed by atoms with E-state index in [9.17, 15) is 5.11 Å². The number of hydrogen-bond acceptors (Lipinski definition) is 3. The minimum Gasteiger partial charge on any atom is -0.393 e. The lowest BCUT2D eigenvalue weighted by Crippen LogP contribution is -2.62. The molecule has 3 heteroatoms. The molecule has 18 heavy (non-hydrogen) atoms. The highest BCUT2D eigenvalue weighted by Crippen LogP contribution is 2.43. The van der Waals surface area contributed by atoms with E-state index in [4.69, 9.17) is 4.74 Å². The van der Waals surface area contributed by atoms with Crippen molar-refractivity contribution in [3.05, 3.63) is 0 Å². The number of hydrogen-bond donors (Lipinski definition) is 2. The smallest absolute Gasteiger partial charge is 0.0655 e. The Balaban J connectivity index is 2.37. The summed E-state index contributed by atoms with van der Waals surface area (Å²) in [7, 11) is 0. The second-order valence-corrected chi connectivity index (χ2v) is 7.15. The third-order valence-corrected chi connectivity index (χ3v) is 4.22.